The topological polar surface area (TPSA) is 50.2 Å². The summed E-state index contributed by atoms with van der Waals surface area (Å²) in [5, 5.41) is 5.25. The third-order valence-electron chi connectivity index (χ3n) is 7.30. The normalized spacial score (nSPS) is 13.1. The van der Waals surface area contributed by atoms with E-state index in [1.165, 1.54) is 18.6 Å². The highest BCUT2D eigenvalue weighted by atomic mass is 28.3. The van der Waals surface area contributed by atoms with Gasteiger partial charge in [-0.3, -0.25) is 4.79 Å². The first-order valence-electron chi connectivity index (χ1n) is 13.3. The lowest BCUT2D eigenvalue weighted by Crippen LogP contribution is -2.37. The van der Waals surface area contributed by atoms with Gasteiger partial charge in [-0.15, -0.1) is 0 Å². The van der Waals surface area contributed by atoms with Crippen molar-refractivity contribution in [2.24, 2.45) is 0 Å². The Bertz CT molecular complexity index is 1640. The predicted molar refractivity (Wildman–Crippen MR) is 159 cm³/mol. The van der Waals surface area contributed by atoms with Crippen LogP contribution in [0.15, 0.2) is 91.1 Å². The van der Waals surface area contributed by atoms with E-state index in [1.54, 1.807) is 12.3 Å². The molecule has 3 aromatic carbocycles. The Morgan fingerprint density at radius 3 is 2.44 bits per heavy atom. The minimum Gasteiger partial charge on any atom is -0.356 e. The maximum atomic E-state index is 14.1. The van der Waals surface area contributed by atoms with Crippen LogP contribution < -0.4 is 15.4 Å². The Hall–Kier alpha value is -4.23. The van der Waals surface area contributed by atoms with E-state index in [0.29, 0.717) is 17.9 Å². The van der Waals surface area contributed by atoms with Crippen molar-refractivity contribution in [1.82, 2.24) is 9.55 Å². The first kappa shape index (κ1) is 25.1. The van der Waals surface area contributed by atoms with Crippen molar-refractivity contribution in [3.63, 3.8) is 0 Å². The molecule has 1 saturated heterocycles. The molecule has 39 heavy (non-hydrogen) atoms. The van der Waals surface area contributed by atoms with Gasteiger partial charge >= 0.3 is 0 Å². The second-order valence-electron chi connectivity index (χ2n) is 10.2. The molecule has 1 fully saturated rings. The number of carbonyl (C=O) groups is 1. The number of nitrogens with zero attached hydrogens (tertiary/aromatic N) is 3. The van der Waals surface area contributed by atoms with E-state index in [9.17, 15) is 9.18 Å². The third kappa shape index (κ3) is 4.97. The standard InChI is InChI=1S/C32H30FN4OSi/c1-39(2)31-27-19-24(23-9-4-3-5-10-23)12-14-28(27)37(21-22-8-6-11-25(33)18-22)30(31)32(38)35-26-13-15-29(34-20-26)36-16-7-17-36/h3-6,8-15,18-20H,7,16-17,21H2,1-2H3,(H,35,38). The summed E-state index contributed by atoms with van der Waals surface area (Å²) in [6, 6.07) is 27.1. The summed E-state index contributed by atoms with van der Waals surface area (Å²) >= 11 is 0. The largest absolute Gasteiger partial charge is 0.356 e. The molecule has 1 aliphatic heterocycles. The van der Waals surface area contributed by atoms with Crippen molar-refractivity contribution in [2.45, 2.75) is 26.1 Å². The highest BCUT2D eigenvalue weighted by Gasteiger charge is 2.26. The van der Waals surface area contributed by atoms with Gasteiger partial charge in [0, 0.05) is 25.2 Å². The summed E-state index contributed by atoms with van der Waals surface area (Å²) in [7, 11) is -1.07. The van der Waals surface area contributed by atoms with E-state index >= 15 is 0 Å². The van der Waals surface area contributed by atoms with Crippen molar-refractivity contribution < 1.29 is 9.18 Å². The Morgan fingerprint density at radius 2 is 1.77 bits per heavy atom. The Balaban J connectivity index is 1.46. The van der Waals surface area contributed by atoms with Crippen molar-refractivity contribution in [3.8, 4) is 11.1 Å². The number of carbonyl (C=O) groups excluding carboxylic acids is 1. The fourth-order valence-corrected chi connectivity index (χ4v) is 6.73. The summed E-state index contributed by atoms with van der Waals surface area (Å²) in [5.41, 5.74) is 5.29. The number of anilines is 2. The van der Waals surface area contributed by atoms with Crippen LogP contribution in [0.5, 0.6) is 0 Å². The lowest BCUT2D eigenvalue weighted by Gasteiger charge is -2.31. The molecule has 0 unspecified atom stereocenters. The molecule has 1 amide bonds. The van der Waals surface area contributed by atoms with Gasteiger partial charge in [-0.1, -0.05) is 61.6 Å². The number of hydrogen-bond donors (Lipinski definition) is 1. The summed E-state index contributed by atoms with van der Waals surface area (Å²) < 4.78 is 16.2. The molecule has 6 rings (SSSR count). The van der Waals surface area contributed by atoms with Gasteiger partial charge in [-0.25, -0.2) is 9.37 Å². The first-order chi connectivity index (χ1) is 19.0. The van der Waals surface area contributed by atoms with Crippen molar-refractivity contribution in [3.05, 3.63) is 108 Å². The summed E-state index contributed by atoms with van der Waals surface area (Å²) in [5.74, 6) is 0.468. The van der Waals surface area contributed by atoms with E-state index in [0.717, 1.165) is 51.7 Å². The molecule has 0 aliphatic carbocycles. The zero-order chi connectivity index (χ0) is 26.9. The Morgan fingerprint density at radius 1 is 0.949 bits per heavy atom. The van der Waals surface area contributed by atoms with Gasteiger partial charge in [0.05, 0.1) is 20.7 Å². The molecule has 1 radical (unpaired) electrons. The number of nitrogens with one attached hydrogen (secondary N) is 1. The average Bonchev–Trinajstić information content (AvgIpc) is 3.23. The molecular formula is C32H30FN4OSi. The predicted octanol–water partition coefficient (Wildman–Crippen LogP) is 6.31. The number of halogens is 1. The molecule has 0 saturated carbocycles. The molecule has 3 heterocycles. The summed E-state index contributed by atoms with van der Waals surface area (Å²) in [4.78, 5) is 20.8. The van der Waals surface area contributed by atoms with E-state index in [1.807, 2.05) is 41.0 Å². The minimum atomic E-state index is -1.07. The molecule has 0 spiro atoms. The van der Waals surface area contributed by atoms with Gasteiger partial charge in [0.2, 0.25) is 0 Å². The van der Waals surface area contributed by atoms with Crippen LogP contribution in [-0.4, -0.2) is 37.3 Å². The SMILES string of the molecule is C[Si](C)c1c(C(=O)Nc2ccc(N3CCC3)nc2)n(Cc2cccc(F)c2)c2ccc(-c3ccccc3)cc12. The molecule has 2 aromatic heterocycles. The fourth-order valence-electron chi connectivity index (χ4n) is 5.27. The number of aromatic nitrogens is 2. The van der Waals surface area contributed by atoms with Crippen LogP contribution in [-0.2, 0) is 6.54 Å². The van der Waals surface area contributed by atoms with E-state index < -0.39 is 8.80 Å². The van der Waals surface area contributed by atoms with Crippen LogP contribution in [0.2, 0.25) is 13.1 Å². The molecular weight excluding hydrogens is 503 g/mol. The number of benzene rings is 3. The zero-order valence-electron chi connectivity index (χ0n) is 22.1. The molecule has 5 nitrogen and oxygen atoms in total. The van der Waals surface area contributed by atoms with Gasteiger partial charge in [-0.2, -0.15) is 0 Å². The summed E-state index contributed by atoms with van der Waals surface area (Å²) in [6.07, 6.45) is 2.91. The van der Waals surface area contributed by atoms with E-state index in [4.69, 9.17) is 0 Å². The van der Waals surface area contributed by atoms with Crippen LogP contribution in [0.1, 0.15) is 22.5 Å². The van der Waals surface area contributed by atoms with Crippen molar-refractivity contribution in [2.75, 3.05) is 23.3 Å². The fraction of sp³-hybridized carbons (Fsp3) is 0.188. The van der Waals surface area contributed by atoms with Crippen molar-refractivity contribution >= 4 is 42.3 Å². The third-order valence-corrected chi connectivity index (χ3v) is 8.81. The monoisotopic (exact) mass is 533 g/mol. The van der Waals surface area contributed by atoms with E-state index in [2.05, 4.69) is 58.6 Å². The Kier molecular flexibility index (Phi) is 6.75. The highest BCUT2D eigenvalue weighted by molar-refractivity contribution is 6.74. The maximum absolute atomic E-state index is 14.1. The van der Waals surface area contributed by atoms with Crippen LogP contribution in [0, 0.1) is 5.82 Å². The Labute approximate surface area is 229 Å². The molecule has 0 atom stereocenters. The number of rotatable bonds is 7. The molecule has 1 aliphatic rings. The molecule has 7 heteroatoms. The van der Waals surface area contributed by atoms with Gasteiger partial charge < -0.3 is 14.8 Å². The molecule has 1 N–H and O–H groups in total. The average molecular weight is 534 g/mol. The second kappa shape index (κ2) is 10.5. The van der Waals surface area contributed by atoms with Gasteiger partial charge in [0.15, 0.2) is 0 Å². The number of amides is 1. The molecule has 0 bridgehead atoms. The molecule has 195 valence electrons. The second-order valence-corrected chi connectivity index (χ2v) is 12.7. The maximum Gasteiger partial charge on any atom is 0.272 e. The smallest absolute Gasteiger partial charge is 0.272 e. The first-order valence-corrected chi connectivity index (χ1v) is 15.8. The number of pyridine rings is 1. The summed E-state index contributed by atoms with van der Waals surface area (Å²) in [6.45, 7) is 6.85. The van der Waals surface area contributed by atoms with Gasteiger partial charge in [0.25, 0.3) is 5.91 Å². The quantitative estimate of drug-likeness (QED) is 0.249. The van der Waals surface area contributed by atoms with Crippen molar-refractivity contribution in [1.29, 1.82) is 0 Å². The van der Waals surface area contributed by atoms with Gasteiger partial charge in [-0.05, 0) is 70.1 Å². The lowest BCUT2D eigenvalue weighted by molar-refractivity contribution is 0.102. The minimum absolute atomic E-state index is 0.177. The van der Waals surface area contributed by atoms with Crippen LogP contribution in [0.25, 0.3) is 22.0 Å². The zero-order valence-corrected chi connectivity index (χ0v) is 23.1. The van der Waals surface area contributed by atoms with Crippen LogP contribution in [0.4, 0.5) is 15.9 Å². The molecule has 5 aromatic rings. The van der Waals surface area contributed by atoms with Crippen LogP contribution in [0.3, 0.4) is 0 Å². The van der Waals surface area contributed by atoms with Gasteiger partial charge in [0.1, 0.15) is 17.3 Å². The van der Waals surface area contributed by atoms with Crippen LogP contribution >= 0.6 is 0 Å². The van der Waals surface area contributed by atoms with E-state index in [-0.39, 0.29) is 11.7 Å². The number of hydrogen-bond acceptors (Lipinski definition) is 3. The lowest BCUT2D eigenvalue weighted by atomic mass is 10.0. The number of fused-ring (bicyclic) bond motifs is 1. The highest BCUT2D eigenvalue weighted by Crippen LogP contribution is 2.28.